The Morgan fingerprint density at radius 1 is 1.19 bits per heavy atom. The van der Waals surface area contributed by atoms with Crippen LogP contribution in [0, 0.1) is 5.92 Å². The second-order valence-corrected chi connectivity index (χ2v) is 7.81. The van der Waals surface area contributed by atoms with Crippen LogP contribution >= 0.6 is 0 Å². The minimum atomic E-state index is 0.0921. The highest BCUT2D eigenvalue weighted by atomic mass is 16.2. The Bertz CT molecular complexity index is 757. The first-order chi connectivity index (χ1) is 12.6. The lowest BCUT2D eigenvalue weighted by atomic mass is 9.99. The van der Waals surface area contributed by atoms with Gasteiger partial charge in [-0.3, -0.25) is 9.78 Å². The van der Waals surface area contributed by atoms with Crippen LogP contribution in [0.1, 0.15) is 54.8 Å². The van der Waals surface area contributed by atoms with E-state index in [0.29, 0.717) is 17.7 Å². The lowest BCUT2D eigenvalue weighted by Crippen LogP contribution is -2.49. The van der Waals surface area contributed by atoms with Crippen molar-refractivity contribution in [3.05, 3.63) is 65.5 Å². The summed E-state index contributed by atoms with van der Waals surface area (Å²) in [5.41, 5.74) is 3.78. The van der Waals surface area contributed by atoms with Gasteiger partial charge in [0.2, 0.25) is 5.91 Å². The first-order valence-electron chi connectivity index (χ1n) is 9.66. The molecule has 2 aliphatic rings. The van der Waals surface area contributed by atoms with Crippen LogP contribution in [0.15, 0.2) is 48.8 Å². The number of amides is 1. The van der Waals surface area contributed by atoms with Crippen LogP contribution in [0.25, 0.3) is 0 Å². The van der Waals surface area contributed by atoms with Crippen LogP contribution in [-0.2, 0) is 4.79 Å². The first kappa shape index (κ1) is 17.2. The summed E-state index contributed by atoms with van der Waals surface area (Å²) in [5.74, 6) is 1.37. The smallest absolute Gasteiger partial charge is 0.226 e. The molecule has 1 saturated heterocycles. The average Bonchev–Trinajstić information content (AvgIpc) is 3.49. The van der Waals surface area contributed by atoms with Gasteiger partial charge in [0.15, 0.2) is 0 Å². The van der Waals surface area contributed by atoms with Crippen molar-refractivity contribution in [3.63, 3.8) is 0 Å². The maximum atomic E-state index is 13.2. The first-order valence-corrected chi connectivity index (χ1v) is 9.66. The van der Waals surface area contributed by atoms with Gasteiger partial charge in [0, 0.05) is 37.9 Å². The van der Waals surface area contributed by atoms with Crippen LogP contribution in [-0.4, -0.2) is 35.4 Å². The van der Waals surface area contributed by atoms with E-state index in [-0.39, 0.29) is 12.0 Å². The van der Waals surface area contributed by atoms with Gasteiger partial charge >= 0.3 is 0 Å². The molecular weight excluding hydrogens is 322 g/mol. The van der Waals surface area contributed by atoms with E-state index in [4.69, 9.17) is 0 Å². The lowest BCUT2D eigenvalue weighted by molar-refractivity contribution is -0.136. The molecule has 1 aliphatic heterocycles. The van der Waals surface area contributed by atoms with Gasteiger partial charge in [0.1, 0.15) is 0 Å². The van der Waals surface area contributed by atoms with Gasteiger partial charge in [0.05, 0.1) is 6.04 Å². The van der Waals surface area contributed by atoms with Crippen molar-refractivity contribution in [1.29, 1.82) is 0 Å². The summed E-state index contributed by atoms with van der Waals surface area (Å²) in [7, 11) is 0. The number of carbonyl (C=O) groups is 1. The highest BCUT2D eigenvalue weighted by molar-refractivity contribution is 5.83. The highest BCUT2D eigenvalue weighted by Gasteiger charge is 2.47. The summed E-state index contributed by atoms with van der Waals surface area (Å²) < 4.78 is 0. The molecule has 2 fully saturated rings. The van der Waals surface area contributed by atoms with Crippen LogP contribution in [0.2, 0.25) is 0 Å². The molecule has 3 unspecified atom stereocenters. The van der Waals surface area contributed by atoms with E-state index in [1.54, 1.807) is 6.20 Å². The van der Waals surface area contributed by atoms with Crippen LogP contribution in [0.4, 0.5) is 0 Å². The number of aromatic nitrogens is 1. The topological polar surface area (TPSA) is 45.2 Å². The number of nitrogens with zero attached hydrogens (tertiary/aromatic N) is 2. The van der Waals surface area contributed by atoms with E-state index in [1.165, 1.54) is 11.1 Å². The lowest BCUT2D eigenvalue weighted by Gasteiger charge is -2.36. The predicted octanol–water partition coefficient (Wildman–Crippen LogP) is 3.48. The molecular formula is C22H27N3O. The zero-order valence-corrected chi connectivity index (χ0v) is 15.6. The molecule has 1 saturated carbocycles. The molecule has 4 rings (SSSR count). The van der Waals surface area contributed by atoms with Gasteiger partial charge in [-0.1, -0.05) is 44.2 Å². The molecule has 4 heteroatoms. The number of carbonyl (C=O) groups excluding carboxylic acids is 1. The molecule has 136 valence electrons. The SMILES string of the molecule is CC(C)c1ccc(C2CC2C(=O)N2CCNCC2c2cccnc2)cc1. The fourth-order valence-electron chi connectivity index (χ4n) is 4.02. The molecule has 0 bridgehead atoms. The number of hydrogen-bond donors (Lipinski definition) is 1. The Hall–Kier alpha value is -2.20. The van der Waals surface area contributed by atoms with Gasteiger partial charge in [-0.05, 0) is 41.0 Å². The second kappa shape index (κ2) is 7.20. The number of hydrogen-bond acceptors (Lipinski definition) is 3. The monoisotopic (exact) mass is 349 g/mol. The van der Waals surface area contributed by atoms with Gasteiger partial charge < -0.3 is 10.2 Å². The fourth-order valence-corrected chi connectivity index (χ4v) is 4.02. The largest absolute Gasteiger partial charge is 0.333 e. The van der Waals surface area contributed by atoms with Gasteiger partial charge in [-0.15, -0.1) is 0 Å². The van der Waals surface area contributed by atoms with Crippen molar-refractivity contribution < 1.29 is 4.79 Å². The zero-order chi connectivity index (χ0) is 18.1. The average molecular weight is 349 g/mol. The van der Waals surface area contributed by atoms with Crippen molar-refractivity contribution in [2.75, 3.05) is 19.6 Å². The molecule has 4 nitrogen and oxygen atoms in total. The maximum Gasteiger partial charge on any atom is 0.226 e. The normalized spacial score (nSPS) is 25.3. The Labute approximate surface area is 155 Å². The highest BCUT2D eigenvalue weighted by Crippen LogP contribution is 2.49. The fraction of sp³-hybridized carbons (Fsp3) is 0.455. The van der Waals surface area contributed by atoms with E-state index in [9.17, 15) is 4.79 Å². The molecule has 0 radical (unpaired) electrons. The van der Waals surface area contributed by atoms with Gasteiger partial charge in [-0.2, -0.15) is 0 Å². The summed E-state index contributed by atoms with van der Waals surface area (Å²) in [6.45, 7) is 6.86. The molecule has 1 amide bonds. The number of piperazine rings is 1. The Balaban J connectivity index is 1.47. The van der Waals surface area contributed by atoms with Crippen molar-refractivity contribution in [2.24, 2.45) is 5.92 Å². The van der Waals surface area contributed by atoms with Gasteiger partial charge in [0.25, 0.3) is 0 Å². The predicted molar refractivity (Wildman–Crippen MR) is 103 cm³/mol. The van der Waals surface area contributed by atoms with Gasteiger partial charge in [-0.25, -0.2) is 0 Å². The molecule has 1 aromatic carbocycles. The van der Waals surface area contributed by atoms with E-state index in [2.05, 4.69) is 59.4 Å². The molecule has 0 spiro atoms. The summed E-state index contributed by atoms with van der Waals surface area (Å²) in [5, 5.41) is 3.42. The van der Waals surface area contributed by atoms with Crippen molar-refractivity contribution in [1.82, 2.24) is 15.2 Å². The Morgan fingerprint density at radius 2 is 2.00 bits per heavy atom. The third-order valence-electron chi connectivity index (χ3n) is 5.73. The van der Waals surface area contributed by atoms with E-state index < -0.39 is 0 Å². The van der Waals surface area contributed by atoms with Crippen molar-refractivity contribution >= 4 is 5.91 Å². The molecule has 1 aromatic heterocycles. The molecule has 2 aromatic rings. The number of benzene rings is 1. The minimum Gasteiger partial charge on any atom is -0.333 e. The molecule has 26 heavy (non-hydrogen) atoms. The van der Waals surface area contributed by atoms with E-state index >= 15 is 0 Å². The van der Waals surface area contributed by atoms with E-state index in [0.717, 1.165) is 31.6 Å². The molecule has 3 atom stereocenters. The Morgan fingerprint density at radius 3 is 2.69 bits per heavy atom. The number of pyridine rings is 1. The van der Waals surface area contributed by atoms with Crippen LogP contribution < -0.4 is 5.32 Å². The summed E-state index contributed by atoms with van der Waals surface area (Å²) >= 11 is 0. The van der Waals surface area contributed by atoms with Crippen molar-refractivity contribution in [3.8, 4) is 0 Å². The third kappa shape index (κ3) is 3.38. The summed E-state index contributed by atoms with van der Waals surface area (Å²) in [6, 6.07) is 13.0. The van der Waals surface area contributed by atoms with Crippen LogP contribution in [0.5, 0.6) is 0 Å². The van der Waals surface area contributed by atoms with Crippen LogP contribution in [0.3, 0.4) is 0 Å². The standard InChI is InChI=1S/C22H27N3O/c1-15(2)16-5-7-17(8-6-16)19-12-20(19)22(26)25-11-10-24-14-21(25)18-4-3-9-23-13-18/h3-9,13,15,19-21,24H,10-12,14H2,1-2H3. The maximum absolute atomic E-state index is 13.2. The zero-order valence-electron chi connectivity index (χ0n) is 15.6. The molecule has 2 heterocycles. The third-order valence-corrected chi connectivity index (χ3v) is 5.73. The van der Waals surface area contributed by atoms with E-state index in [1.807, 2.05) is 12.3 Å². The minimum absolute atomic E-state index is 0.0921. The molecule has 1 aliphatic carbocycles. The molecule has 1 N–H and O–H groups in total. The second-order valence-electron chi connectivity index (χ2n) is 7.81. The Kier molecular flexibility index (Phi) is 4.77. The summed E-state index contributed by atoms with van der Waals surface area (Å²) in [6.07, 6.45) is 4.64. The van der Waals surface area contributed by atoms with Crippen molar-refractivity contribution in [2.45, 2.75) is 38.1 Å². The summed E-state index contributed by atoms with van der Waals surface area (Å²) in [4.78, 5) is 19.5. The quantitative estimate of drug-likeness (QED) is 0.919. The number of rotatable bonds is 4. The number of nitrogens with one attached hydrogen (secondary N) is 1.